The van der Waals surface area contributed by atoms with Gasteiger partial charge < -0.3 is 10.1 Å². The summed E-state index contributed by atoms with van der Waals surface area (Å²) < 4.78 is 5.66. The van der Waals surface area contributed by atoms with Gasteiger partial charge in [-0.1, -0.05) is 19.3 Å². The summed E-state index contributed by atoms with van der Waals surface area (Å²) in [5, 5.41) is 17.2. The Balaban J connectivity index is 1.42. The van der Waals surface area contributed by atoms with Gasteiger partial charge in [0.25, 0.3) is 5.69 Å². The summed E-state index contributed by atoms with van der Waals surface area (Å²) in [6.45, 7) is 0.275. The molecule has 31 heavy (non-hydrogen) atoms. The minimum atomic E-state index is -0.787. The second-order valence-corrected chi connectivity index (χ2v) is 7.29. The van der Waals surface area contributed by atoms with Crippen LogP contribution in [0.4, 0.5) is 5.69 Å². The predicted molar refractivity (Wildman–Crippen MR) is 115 cm³/mol. The van der Waals surface area contributed by atoms with Gasteiger partial charge in [-0.05, 0) is 60.4 Å². The van der Waals surface area contributed by atoms with Crippen molar-refractivity contribution in [2.45, 2.75) is 44.8 Å². The second-order valence-electron chi connectivity index (χ2n) is 7.29. The van der Waals surface area contributed by atoms with Crippen LogP contribution in [0.25, 0.3) is 0 Å². The van der Waals surface area contributed by atoms with E-state index < -0.39 is 16.7 Å². The second kappa shape index (κ2) is 10.9. The highest BCUT2D eigenvalue weighted by Crippen LogP contribution is 2.17. The fourth-order valence-electron chi connectivity index (χ4n) is 3.24. The quantitative estimate of drug-likeness (QED) is 0.306. The molecule has 0 radical (unpaired) electrons. The maximum absolute atomic E-state index is 11.9. The van der Waals surface area contributed by atoms with E-state index in [0.29, 0.717) is 5.75 Å². The maximum atomic E-state index is 11.9. The van der Waals surface area contributed by atoms with Crippen molar-refractivity contribution in [1.29, 1.82) is 0 Å². The molecule has 1 fully saturated rings. The zero-order valence-electron chi connectivity index (χ0n) is 17.0. The Morgan fingerprint density at radius 2 is 1.71 bits per heavy atom. The van der Waals surface area contributed by atoms with E-state index in [1.54, 1.807) is 36.4 Å². The molecule has 2 amide bonds. The number of benzene rings is 2. The molecule has 162 valence electrons. The highest BCUT2D eigenvalue weighted by molar-refractivity contribution is 6.35. The third-order valence-electron chi connectivity index (χ3n) is 4.96. The first-order valence-corrected chi connectivity index (χ1v) is 10.1. The van der Waals surface area contributed by atoms with Crippen molar-refractivity contribution in [3.05, 3.63) is 69.8 Å². The number of hydrogen-bond donors (Lipinski definition) is 2. The smallest absolute Gasteiger partial charge is 0.329 e. The average molecular weight is 424 g/mol. The fraction of sp³-hybridized carbons (Fsp3) is 0.318. The lowest BCUT2D eigenvalue weighted by Crippen LogP contribution is -2.44. The molecule has 2 aromatic rings. The van der Waals surface area contributed by atoms with E-state index in [4.69, 9.17) is 4.74 Å². The van der Waals surface area contributed by atoms with E-state index in [0.717, 1.165) is 36.8 Å². The van der Waals surface area contributed by atoms with Crippen LogP contribution in [0, 0.1) is 10.1 Å². The molecule has 2 aromatic carbocycles. The van der Waals surface area contributed by atoms with Crippen molar-refractivity contribution in [2.24, 2.45) is 5.10 Å². The number of nitro groups is 1. The molecule has 1 saturated carbocycles. The normalized spacial score (nSPS) is 14.2. The lowest BCUT2D eigenvalue weighted by molar-refractivity contribution is -0.384. The fourth-order valence-corrected chi connectivity index (χ4v) is 3.24. The van der Waals surface area contributed by atoms with E-state index in [-0.39, 0.29) is 18.3 Å². The van der Waals surface area contributed by atoms with Crippen LogP contribution in [-0.4, -0.2) is 29.0 Å². The van der Waals surface area contributed by atoms with Crippen LogP contribution in [0.2, 0.25) is 0 Å². The van der Waals surface area contributed by atoms with Crippen LogP contribution >= 0.6 is 0 Å². The van der Waals surface area contributed by atoms with Crippen molar-refractivity contribution in [2.75, 3.05) is 0 Å². The summed E-state index contributed by atoms with van der Waals surface area (Å²) >= 11 is 0. The topological polar surface area (TPSA) is 123 Å². The summed E-state index contributed by atoms with van der Waals surface area (Å²) in [4.78, 5) is 34.0. The molecule has 0 aliphatic heterocycles. The molecule has 9 heteroatoms. The molecule has 2 N–H and O–H groups in total. The van der Waals surface area contributed by atoms with Gasteiger partial charge in [-0.3, -0.25) is 19.7 Å². The van der Waals surface area contributed by atoms with Crippen LogP contribution < -0.4 is 15.5 Å². The molecule has 0 bridgehead atoms. The zero-order valence-corrected chi connectivity index (χ0v) is 17.0. The molecular formula is C22H24N4O5. The van der Waals surface area contributed by atoms with Gasteiger partial charge in [0.1, 0.15) is 12.4 Å². The minimum absolute atomic E-state index is 0.0333. The third kappa shape index (κ3) is 6.91. The van der Waals surface area contributed by atoms with E-state index >= 15 is 0 Å². The maximum Gasteiger partial charge on any atom is 0.329 e. The van der Waals surface area contributed by atoms with Gasteiger partial charge in [-0.15, -0.1) is 0 Å². The molecule has 3 rings (SSSR count). The molecular weight excluding hydrogens is 400 g/mol. The number of nitro benzene ring substituents is 1. The van der Waals surface area contributed by atoms with Gasteiger partial charge in [0, 0.05) is 18.2 Å². The summed E-state index contributed by atoms with van der Waals surface area (Å²) in [5.74, 6) is -0.838. The zero-order chi connectivity index (χ0) is 22.1. The summed E-state index contributed by atoms with van der Waals surface area (Å²) in [6.07, 6.45) is 6.55. The van der Waals surface area contributed by atoms with Gasteiger partial charge >= 0.3 is 11.8 Å². The van der Waals surface area contributed by atoms with Gasteiger partial charge in [-0.2, -0.15) is 5.10 Å². The van der Waals surface area contributed by atoms with Gasteiger partial charge in [0.15, 0.2) is 0 Å². The molecule has 9 nitrogen and oxygen atoms in total. The Bertz CT molecular complexity index is 935. The monoisotopic (exact) mass is 424 g/mol. The number of ether oxygens (including phenoxy) is 1. The molecule has 1 aliphatic carbocycles. The van der Waals surface area contributed by atoms with Crippen LogP contribution in [0.1, 0.15) is 43.2 Å². The van der Waals surface area contributed by atoms with Crippen LogP contribution in [0.5, 0.6) is 5.75 Å². The number of carbonyl (C=O) groups excluding carboxylic acids is 2. The van der Waals surface area contributed by atoms with Crippen molar-refractivity contribution in [3.8, 4) is 5.75 Å². The van der Waals surface area contributed by atoms with Crippen molar-refractivity contribution in [3.63, 3.8) is 0 Å². The van der Waals surface area contributed by atoms with Crippen LogP contribution in [0.3, 0.4) is 0 Å². The number of nitrogens with zero attached hydrogens (tertiary/aromatic N) is 2. The first-order valence-electron chi connectivity index (χ1n) is 10.1. The van der Waals surface area contributed by atoms with Gasteiger partial charge in [0.05, 0.1) is 11.1 Å². The van der Waals surface area contributed by atoms with Gasteiger partial charge in [-0.25, -0.2) is 5.43 Å². The van der Waals surface area contributed by atoms with Crippen LogP contribution in [-0.2, 0) is 16.2 Å². The summed E-state index contributed by atoms with van der Waals surface area (Å²) in [7, 11) is 0. The largest absolute Gasteiger partial charge is 0.489 e. The van der Waals surface area contributed by atoms with Crippen LogP contribution in [0.15, 0.2) is 53.6 Å². The number of nitrogens with one attached hydrogen (secondary N) is 2. The van der Waals surface area contributed by atoms with E-state index in [1.165, 1.54) is 24.8 Å². The molecule has 0 saturated heterocycles. The first kappa shape index (κ1) is 21.9. The van der Waals surface area contributed by atoms with Crippen molar-refractivity contribution >= 4 is 23.7 Å². The van der Waals surface area contributed by atoms with Crippen molar-refractivity contribution < 1.29 is 19.2 Å². The molecule has 0 atom stereocenters. The van der Waals surface area contributed by atoms with E-state index in [9.17, 15) is 19.7 Å². The average Bonchev–Trinajstić information content (AvgIpc) is 2.79. The minimum Gasteiger partial charge on any atom is -0.489 e. The number of rotatable bonds is 7. The molecule has 0 spiro atoms. The van der Waals surface area contributed by atoms with Gasteiger partial charge in [0.2, 0.25) is 0 Å². The lowest BCUT2D eigenvalue weighted by Gasteiger charge is -2.22. The first-order chi connectivity index (χ1) is 15.0. The number of non-ortho nitro benzene ring substituents is 1. The van der Waals surface area contributed by atoms with E-state index in [1.807, 2.05) is 0 Å². The Hall–Kier alpha value is -3.75. The molecule has 0 heterocycles. The Labute approximate surface area is 179 Å². The summed E-state index contributed by atoms with van der Waals surface area (Å²) in [5.41, 5.74) is 3.80. The summed E-state index contributed by atoms with van der Waals surface area (Å²) in [6, 6.07) is 13.2. The molecule has 1 aliphatic rings. The highest BCUT2D eigenvalue weighted by atomic mass is 16.6. The molecule has 0 aromatic heterocycles. The third-order valence-corrected chi connectivity index (χ3v) is 4.96. The number of amides is 2. The SMILES string of the molecule is O=C(NN=Cc1ccc(OCc2ccc([N+](=O)[O-])cc2)cc1)C(=O)NC1CCCCC1. The van der Waals surface area contributed by atoms with E-state index in [2.05, 4.69) is 15.8 Å². The molecule has 0 unspecified atom stereocenters. The lowest BCUT2D eigenvalue weighted by atomic mass is 9.95. The Morgan fingerprint density at radius 3 is 2.35 bits per heavy atom. The number of hydrogen-bond acceptors (Lipinski definition) is 6. The van der Waals surface area contributed by atoms with Crippen molar-refractivity contribution in [1.82, 2.24) is 10.7 Å². The Morgan fingerprint density at radius 1 is 1.03 bits per heavy atom. The number of carbonyl (C=O) groups is 2. The highest BCUT2D eigenvalue weighted by Gasteiger charge is 2.19. The number of hydrazone groups is 1. The standard InChI is InChI=1S/C22H24N4O5/c27-21(24-18-4-2-1-3-5-18)22(28)25-23-14-16-8-12-20(13-9-16)31-15-17-6-10-19(11-7-17)26(29)30/h6-14,18H,1-5,15H2,(H,24,27)(H,25,28). The predicted octanol–water partition coefficient (Wildman–Crippen LogP) is 3.07. The Kier molecular flexibility index (Phi) is 7.69.